The highest BCUT2D eigenvalue weighted by molar-refractivity contribution is 5.16. The van der Waals surface area contributed by atoms with E-state index in [4.69, 9.17) is 13.9 Å². The Morgan fingerprint density at radius 3 is 2.88 bits per heavy atom. The van der Waals surface area contributed by atoms with E-state index < -0.39 is 0 Å². The summed E-state index contributed by atoms with van der Waals surface area (Å²) in [7, 11) is 1.66. The molecule has 0 aliphatic carbocycles. The summed E-state index contributed by atoms with van der Waals surface area (Å²) in [5.41, 5.74) is 1.16. The number of methoxy groups -OCH3 is 1. The number of nitrogens with one attached hydrogen (secondary N) is 1. The molecule has 16 heavy (non-hydrogen) atoms. The van der Waals surface area contributed by atoms with Crippen molar-refractivity contribution in [1.29, 1.82) is 0 Å². The van der Waals surface area contributed by atoms with Gasteiger partial charge in [0.2, 0.25) is 0 Å². The van der Waals surface area contributed by atoms with Crippen molar-refractivity contribution in [2.45, 2.75) is 33.0 Å². The van der Waals surface area contributed by atoms with Crippen molar-refractivity contribution in [3.63, 3.8) is 0 Å². The zero-order valence-corrected chi connectivity index (χ0v) is 10.3. The van der Waals surface area contributed by atoms with Crippen LogP contribution < -0.4 is 5.32 Å². The largest absolute Gasteiger partial charge is 0.467 e. The van der Waals surface area contributed by atoms with Gasteiger partial charge in [0.15, 0.2) is 0 Å². The lowest BCUT2D eigenvalue weighted by Gasteiger charge is -2.08. The van der Waals surface area contributed by atoms with Crippen LogP contribution in [0.2, 0.25) is 0 Å². The molecule has 0 bridgehead atoms. The number of ether oxygens (including phenoxy) is 2. The van der Waals surface area contributed by atoms with E-state index in [0.29, 0.717) is 25.9 Å². The molecule has 0 fully saturated rings. The third-order valence-electron chi connectivity index (χ3n) is 2.20. The van der Waals surface area contributed by atoms with E-state index in [9.17, 15) is 0 Å². The van der Waals surface area contributed by atoms with Crippen LogP contribution in [0.15, 0.2) is 16.7 Å². The zero-order valence-electron chi connectivity index (χ0n) is 10.3. The summed E-state index contributed by atoms with van der Waals surface area (Å²) in [6.45, 7) is 6.76. The first-order valence-corrected chi connectivity index (χ1v) is 5.59. The Balaban J connectivity index is 2.32. The summed E-state index contributed by atoms with van der Waals surface area (Å²) >= 11 is 0. The fraction of sp³-hybridized carbons (Fsp3) is 0.667. The van der Waals surface area contributed by atoms with Gasteiger partial charge in [-0.05, 0) is 6.07 Å². The molecule has 0 atom stereocenters. The minimum absolute atomic E-state index is 0.470. The van der Waals surface area contributed by atoms with Crippen LogP contribution in [0.25, 0.3) is 0 Å². The summed E-state index contributed by atoms with van der Waals surface area (Å²) in [5.74, 6) is 0.893. The van der Waals surface area contributed by atoms with Crippen LogP contribution in [0.5, 0.6) is 0 Å². The second kappa shape index (κ2) is 7.44. The van der Waals surface area contributed by atoms with Crippen LogP contribution in [0.1, 0.15) is 25.2 Å². The first kappa shape index (κ1) is 13.2. The second-order valence-electron chi connectivity index (χ2n) is 3.95. The highest BCUT2D eigenvalue weighted by Gasteiger charge is 2.06. The Morgan fingerprint density at radius 2 is 2.19 bits per heavy atom. The van der Waals surface area contributed by atoms with Crippen molar-refractivity contribution in [3.05, 3.63) is 23.7 Å². The highest BCUT2D eigenvalue weighted by Crippen LogP contribution is 2.11. The maximum absolute atomic E-state index is 5.42. The maximum atomic E-state index is 5.42. The molecule has 1 N–H and O–H groups in total. The molecule has 4 heteroatoms. The van der Waals surface area contributed by atoms with E-state index >= 15 is 0 Å². The van der Waals surface area contributed by atoms with E-state index in [-0.39, 0.29) is 0 Å². The molecule has 1 aromatic heterocycles. The molecule has 0 amide bonds. The van der Waals surface area contributed by atoms with Gasteiger partial charge in [0.05, 0.1) is 19.5 Å². The van der Waals surface area contributed by atoms with Gasteiger partial charge < -0.3 is 19.2 Å². The van der Waals surface area contributed by atoms with Crippen molar-refractivity contribution in [2.24, 2.45) is 0 Å². The molecule has 1 aromatic rings. The minimum Gasteiger partial charge on any atom is -0.467 e. The summed E-state index contributed by atoms with van der Waals surface area (Å²) < 4.78 is 15.7. The number of hydrogen-bond donors (Lipinski definition) is 1. The molecule has 0 saturated heterocycles. The molecular weight excluding hydrogens is 206 g/mol. The first-order chi connectivity index (χ1) is 7.74. The van der Waals surface area contributed by atoms with Crippen molar-refractivity contribution in [2.75, 3.05) is 20.3 Å². The molecule has 1 rings (SSSR count). The number of hydrogen-bond acceptors (Lipinski definition) is 4. The van der Waals surface area contributed by atoms with Gasteiger partial charge in [-0.2, -0.15) is 0 Å². The summed E-state index contributed by atoms with van der Waals surface area (Å²) in [6, 6.07) is 2.45. The van der Waals surface area contributed by atoms with Crippen LogP contribution in [0, 0.1) is 0 Å². The fourth-order valence-electron chi connectivity index (χ4n) is 1.27. The molecule has 1 heterocycles. The summed E-state index contributed by atoms with van der Waals surface area (Å²) in [6.07, 6.45) is 1.70. The Hall–Kier alpha value is -0.840. The Morgan fingerprint density at radius 1 is 1.38 bits per heavy atom. The van der Waals surface area contributed by atoms with Gasteiger partial charge >= 0.3 is 0 Å². The van der Waals surface area contributed by atoms with E-state index in [1.165, 1.54) is 0 Å². The van der Waals surface area contributed by atoms with E-state index in [2.05, 4.69) is 19.2 Å². The minimum atomic E-state index is 0.470. The molecule has 0 spiro atoms. The molecule has 0 radical (unpaired) electrons. The molecule has 92 valence electrons. The zero-order chi connectivity index (χ0) is 11.8. The third kappa shape index (κ3) is 4.79. The normalized spacial score (nSPS) is 11.2. The Labute approximate surface area is 96.9 Å². The first-order valence-electron chi connectivity index (χ1n) is 5.59. The van der Waals surface area contributed by atoms with E-state index in [0.717, 1.165) is 17.9 Å². The smallest absolute Gasteiger partial charge is 0.133 e. The van der Waals surface area contributed by atoms with Crippen LogP contribution >= 0.6 is 0 Å². The SMILES string of the molecule is COCCOCc1occc1CNC(C)C. The Kier molecular flexibility index (Phi) is 6.15. The van der Waals surface area contributed by atoms with Crippen molar-refractivity contribution in [3.8, 4) is 0 Å². The molecule has 0 aliphatic heterocycles. The lowest BCUT2D eigenvalue weighted by molar-refractivity contribution is 0.0533. The fourth-order valence-corrected chi connectivity index (χ4v) is 1.27. The molecule has 4 nitrogen and oxygen atoms in total. The predicted octanol–water partition coefficient (Wildman–Crippen LogP) is 1.94. The van der Waals surface area contributed by atoms with Gasteiger partial charge in [-0.1, -0.05) is 13.8 Å². The number of furan rings is 1. The topological polar surface area (TPSA) is 43.6 Å². The van der Waals surface area contributed by atoms with Crippen molar-refractivity contribution < 1.29 is 13.9 Å². The van der Waals surface area contributed by atoms with E-state index in [1.54, 1.807) is 13.4 Å². The van der Waals surface area contributed by atoms with Gasteiger partial charge in [-0.15, -0.1) is 0 Å². The molecule has 0 aromatic carbocycles. The maximum Gasteiger partial charge on any atom is 0.133 e. The lowest BCUT2D eigenvalue weighted by Crippen LogP contribution is -2.22. The monoisotopic (exact) mass is 227 g/mol. The summed E-state index contributed by atoms with van der Waals surface area (Å²) in [5, 5.41) is 3.35. The molecular formula is C12H21NO3. The van der Waals surface area contributed by atoms with Gasteiger partial charge in [0.1, 0.15) is 12.4 Å². The molecule has 0 unspecified atom stereocenters. The molecule has 0 saturated carbocycles. The van der Waals surface area contributed by atoms with Crippen LogP contribution in [-0.2, 0) is 22.6 Å². The summed E-state index contributed by atoms with van der Waals surface area (Å²) in [4.78, 5) is 0. The average Bonchev–Trinajstić information content (AvgIpc) is 2.69. The standard InChI is InChI=1S/C12H21NO3/c1-10(2)13-8-11-4-5-16-12(11)9-15-7-6-14-3/h4-5,10,13H,6-9H2,1-3H3. The quantitative estimate of drug-likeness (QED) is 0.689. The highest BCUT2D eigenvalue weighted by atomic mass is 16.5. The second-order valence-corrected chi connectivity index (χ2v) is 3.95. The van der Waals surface area contributed by atoms with Gasteiger partial charge in [0.25, 0.3) is 0 Å². The number of rotatable bonds is 8. The van der Waals surface area contributed by atoms with Crippen molar-refractivity contribution in [1.82, 2.24) is 5.32 Å². The average molecular weight is 227 g/mol. The lowest BCUT2D eigenvalue weighted by atomic mass is 10.2. The predicted molar refractivity (Wildman–Crippen MR) is 62.2 cm³/mol. The third-order valence-corrected chi connectivity index (χ3v) is 2.20. The van der Waals surface area contributed by atoms with Crippen LogP contribution in [0.3, 0.4) is 0 Å². The Bertz CT molecular complexity index is 284. The van der Waals surface area contributed by atoms with Gasteiger partial charge in [-0.3, -0.25) is 0 Å². The van der Waals surface area contributed by atoms with Gasteiger partial charge in [0, 0.05) is 25.3 Å². The molecule has 0 aliphatic rings. The van der Waals surface area contributed by atoms with E-state index in [1.807, 2.05) is 6.07 Å². The van der Waals surface area contributed by atoms with Crippen LogP contribution in [-0.4, -0.2) is 26.4 Å². The van der Waals surface area contributed by atoms with Crippen LogP contribution in [0.4, 0.5) is 0 Å². The van der Waals surface area contributed by atoms with Crippen molar-refractivity contribution >= 4 is 0 Å². The van der Waals surface area contributed by atoms with Gasteiger partial charge in [-0.25, -0.2) is 0 Å².